The van der Waals surface area contributed by atoms with Crippen LogP contribution in [0, 0.1) is 11.3 Å². The summed E-state index contributed by atoms with van der Waals surface area (Å²) < 4.78 is 6.70. The van der Waals surface area contributed by atoms with Gasteiger partial charge in [0.1, 0.15) is 11.2 Å². The van der Waals surface area contributed by atoms with E-state index in [4.69, 9.17) is 19.4 Å². The molecule has 0 unspecified atom stereocenters. The van der Waals surface area contributed by atoms with Gasteiger partial charge in [-0.25, -0.2) is 15.0 Å². The molecular weight excluding hydrogens is 637 g/mol. The second kappa shape index (κ2) is 13.6. The van der Waals surface area contributed by atoms with E-state index in [0.717, 1.165) is 66.4 Å². The fraction of sp³-hybridized carbons (Fsp3) is 0.0213. The lowest BCUT2D eigenvalue weighted by Crippen LogP contribution is -2.00. The van der Waals surface area contributed by atoms with Crippen LogP contribution in [0.3, 0.4) is 0 Å². The standard InChI is InChI=1S/C47H32N4O/c1-4-14-37(30(2)3)36-27-40(38-20-12-11-19-35(38)29-48)44-41(28-36)43-39(21-13-22-42(43)52-44)47-50-45(33-17-9-6-10-18-33)49-46(51-47)34-25-23-32(24-26-34)31-15-7-5-8-16-31/h4-28H,1-2H2,3H3/b37-14+. The molecule has 52 heavy (non-hydrogen) atoms. The highest BCUT2D eigenvalue weighted by atomic mass is 16.3. The fourth-order valence-electron chi connectivity index (χ4n) is 6.67. The van der Waals surface area contributed by atoms with Crippen molar-refractivity contribution in [1.29, 1.82) is 5.26 Å². The van der Waals surface area contributed by atoms with Crippen LogP contribution < -0.4 is 0 Å². The molecule has 2 heterocycles. The number of hydrogen-bond acceptors (Lipinski definition) is 5. The van der Waals surface area contributed by atoms with Crippen molar-refractivity contribution in [3.8, 4) is 62.5 Å². The van der Waals surface area contributed by atoms with Gasteiger partial charge < -0.3 is 4.42 Å². The van der Waals surface area contributed by atoms with E-state index in [2.05, 4.69) is 67.8 Å². The van der Waals surface area contributed by atoms with E-state index in [-0.39, 0.29) is 0 Å². The normalized spacial score (nSPS) is 11.4. The summed E-state index contributed by atoms with van der Waals surface area (Å²) in [5.74, 6) is 1.66. The number of nitrogens with zero attached hydrogens (tertiary/aromatic N) is 4. The minimum absolute atomic E-state index is 0.524. The Bertz CT molecular complexity index is 2720. The second-order valence-electron chi connectivity index (χ2n) is 12.6. The average Bonchev–Trinajstić information content (AvgIpc) is 3.59. The first-order valence-corrected chi connectivity index (χ1v) is 17.0. The Kier molecular flexibility index (Phi) is 8.40. The van der Waals surface area contributed by atoms with Crippen molar-refractivity contribution in [2.75, 3.05) is 0 Å². The quantitative estimate of drug-likeness (QED) is 0.151. The van der Waals surface area contributed by atoms with Crippen molar-refractivity contribution in [2.24, 2.45) is 0 Å². The lowest BCUT2D eigenvalue weighted by Gasteiger charge is -2.12. The summed E-state index contributed by atoms with van der Waals surface area (Å²) in [4.78, 5) is 15.2. The molecule has 0 atom stereocenters. The van der Waals surface area contributed by atoms with Crippen molar-refractivity contribution >= 4 is 27.5 Å². The Morgan fingerprint density at radius 3 is 1.88 bits per heavy atom. The first-order chi connectivity index (χ1) is 25.5. The number of benzene rings is 6. The van der Waals surface area contributed by atoms with Gasteiger partial charge in [0.2, 0.25) is 0 Å². The van der Waals surface area contributed by atoms with E-state index in [0.29, 0.717) is 34.2 Å². The van der Waals surface area contributed by atoms with E-state index in [1.165, 1.54) is 0 Å². The third-order valence-electron chi connectivity index (χ3n) is 9.15. The molecule has 0 saturated carbocycles. The molecule has 246 valence electrons. The Morgan fingerprint density at radius 1 is 0.635 bits per heavy atom. The van der Waals surface area contributed by atoms with Gasteiger partial charge in [-0.2, -0.15) is 5.26 Å². The first-order valence-electron chi connectivity index (χ1n) is 17.0. The van der Waals surface area contributed by atoms with E-state index in [1.807, 2.05) is 104 Å². The molecule has 0 aliphatic rings. The van der Waals surface area contributed by atoms with Gasteiger partial charge in [-0.1, -0.05) is 146 Å². The zero-order valence-corrected chi connectivity index (χ0v) is 28.5. The van der Waals surface area contributed by atoms with Crippen LogP contribution in [0.25, 0.3) is 83.9 Å². The predicted octanol–water partition coefficient (Wildman–Crippen LogP) is 12.1. The molecule has 0 aliphatic heterocycles. The van der Waals surface area contributed by atoms with Crippen LogP contribution in [0.15, 0.2) is 175 Å². The molecule has 8 aromatic rings. The third kappa shape index (κ3) is 5.89. The molecule has 0 amide bonds. The van der Waals surface area contributed by atoms with E-state index in [1.54, 1.807) is 6.08 Å². The van der Waals surface area contributed by atoms with E-state index >= 15 is 0 Å². The average molecular weight is 669 g/mol. The molecule has 0 fully saturated rings. The lowest BCUT2D eigenvalue weighted by molar-refractivity contribution is 0.670. The van der Waals surface area contributed by atoms with Crippen molar-refractivity contribution in [1.82, 2.24) is 15.0 Å². The van der Waals surface area contributed by atoms with Crippen molar-refractivity contribution in [2.45, 2.75) is 6.92 Å². The summed E-state index contributed by atoms with van der Waals surface area (Å²) >= 11 is 0. The van der Waals surface area contributed by atoms with Crippen molar-refractivity contribution in [3.05, 3.63) is 182 Å². The molecule has 0 N–H and O–H groups in total. The number of aromatic nitrogens is 3. The van der Waals surface area contributed by atoms with Gasteiger partial charge in [0, 0.05) is 38.6 Å². The topological polar surface area (TPSA) is 75.6 Å². The molecule has 0 spiro atoms. The largest absolute Gasteiger partial charge is 0.455 e. The highest BCUT2D eigenvalue weighted by Gasteiger charge is 2.22. The Labute approximate surface area is 302 Å². The van der Waals surface area contributed by atoms with Gasteiger partial charge in [0.05, 0.1) is 11.6 Å². The summed E-state index contributed by atoms with van der Waals surface area (Å²) in [5.41, 5.74) is 11.1. The van der Waals surface area contributed by atoms with Crippen molar-refractivity contribution in [3.63, 3.8) is 0 Å². The number of nitriles is 1. The monoisotopic (exact) mass is 668 g/mol. The minimum Gasteiger partial charge on any atom is -0.455 e. The number of hydrogen-bond donors (Lipinski definition) is 0. The van der Waals surface area contributed by atoms with Gasteiger partial charge >= 0.3 is 0 Å². The van der Waals surface area contributed by atoms with Gasteiger partial charge in [-0.05, 0) is 53.5 Å². The zero-order valence-electron chi connectivity index (χ0n) is 28.5. The highest BCUT2D eigenvalue weighted by Crippen LogP contribution is 2.43. The smallest absolute Gasteiger partial charge is 0.164 e. The maximum Gasteiger partial charge on any atom is 0.164 e. The molecule has 0 aliphatic carbocycles. The van der Waals surface area contributed by atoms with Gasteiger partial charge in [-0.15, -0.1) is 0 Å². The number of rotatable bonds is 8. The van der Waals surface area contributed by atoms with Crippen LogP contribution >= 0.6 is 0 Å². The summed E-state index contributed by atoms with van der Waals surface area (Å²) in [5, 5.41) is 11.8. The van der Waals surface area contributed by atoms with Crippen LogP contribution in [-0.2, 0) is 0 Å². The molecule has 2 aromatic heterocycles. The molecule has 5 nitrogen and oxygen atoms in total. The van der Waals surface area contributed by atoms with Gasteiger partial charge in [0.15, 0.2) is 17.5 Å². The van der Waals surface area contributed by atoms with Crippen LogP contribution in [0.1, 0.15) is 18.1 Å². The zero-order chi connectivity index (χ0) is 35.6. The lowest BCUT2D eigenvalue weighted by atomic mass is 9.91. The Hall–Kier alpha value is -7.16. The second-order valence-corrected chi connectivity index (χ2v) is 12.6. The van der Waals surface area contributed by atoms with Gasteiger partial charge in [-0.3, -0.25) is 0 Å². The van der Waals surface area contributed by atoms with E-state index in [9.17, 15) is 5.26 Å². The van der Waals surface area contributed by atoms with Crippen molar-refractivity contribution < 1.29 is 4.42 Å². The van der Waals surface area contributed by atoms with Crippen LogP contribution in [-0.4, -0.2) is 15.0 Å². The minimum atomic E-state index is 0.524. The predicted molar refractivity (Wildman–Crippen MR) is 212 cm³/mol. The summed E-state index contributed by atoms with van der Waals surface area (Å²) in [6.45, 7) is 10.2. The molecule has 0 radical (unpaired) electrons. The maximum absolute atomic E-state index is 10.1. The summed E-state index contributed by atoms with van der Waals surface area (Å²) in [7, 11) is 0. The maximum atomic E-state index is 10.1. The first kappa shape index (κ1) is 32.1. The fourth-order valence-corrected chi connectivity index (χ4v) is 6.67. The molecule has 5 heteroatoms. The van der Waals surface area contributed by atoms with E-state index < -0.39 is 0 Å². The molecule has 0 saturated heterocycles. The summed E-state index contributed by atoms with van der Waals surface area (Å²) in [6, 6.07) is 48.6. The highest BCUT2D eigenvalue weighted by molar-refractivity contribution is 6.16. The Balaban J connectivity index is 1.39. The van der Waals surface area contributed by atoms with Crippen LogP contribution in [0.4, 0.5) is 0 Å². The summed E-state index contributed by atoms with van der Waals surface area (Å²) in [6.07, 6.45) is 3.72. The molecule has 6 aromatic carbocycles. The molecule has 0 bridgehead atoms. The molecule has 8 rings (SSSR count). The molecular formula is C47H32N4O. The van der Waals surface area contributed by atoms with Crippen LogP contribution in [0.2, 0.25) is 0 Å². The Morgan fingerprint density at radius 2 is 1.21 bits per heavy atom. The van der Waals surface area contributed by atoms with Gasteiger partial charge in [0.25, 0.3) is 0 Å². The van der Waals surface area contributed by atoms with Crippen LogP contribution in [0.5, 0.6) is 0 Å². The SMILES string of the molecule is C=C/C=C(\C(=C)C)c1cc(-c2ccccc2C#N)c2oc3cccc(-c4nc(-c5ccccc5)nc(-c5ccc(-c6ccccc6)cc5)n4)c3c2c1. The number of furan rings is 1. The number of fused-ring (bicyclic) bond motifs is 3. The third-order valence-corrected chi connectivity index (χ3v) is 9.15. The number of allylic oxidation sites excluding steroid dienone is 4.